The SMILES string of the molecule is CCCOc1ccc(C2=C(C#N)C(N)=NC3=[N+](C)C(=O)N(C)C(=O)C23)cc1. The van der Waals surface area contributed by atoms with Gasteiger partial charge in [0.25, 0.3) is 5.84 Å². The van der Waals surface area contributed by atoms with Crippen LogP contribution in [0.5, 0.6) is 5.75 Å². The fraction of sp³-hybridized carbons (Fsp3) is 0.316. The first-order valence-corrected chi connectivity index (χ1v) is 8.54. The lowest BCUT2D eigenvalue weighted by Crippen LogP contribution is -2.53. The molecule has 0 saturated carbocycles. The van der Waals surface area contributed by atoms with Crippen LogP contribution in [0.3, 0.4) is 0 Å². The normalized spacial score (nSPS) is 19.7. The molecule has 0 bridgehead atoms. The Hall–Kier alpha value is -3.47. The highest BCUT2D eigenvalue weighted by molar-refractivity contribution is 6.27. The van der Waals surface area contributed by atoms with Crippen molar-refractivity contribution in [2.75, 3.05) is 20.7 Å². The third-order valence-corrected chi connectivity index (χ3v) is 4.55. The number of nitriles is 1. The summed E-state index contributed by atoms with van der Waals surface area (Å²) in [5.74, 6) is -0.413. The number of benzene rings is 1. The Kier molecular flexibility index (Phi) is 4.77. The first-order chi connectivity index (χ1) is 12.9. The maximum absolute atomic E-state index is 12.9. The molecule has 3 rings (SSSR count). The van der Waals surface area contributed by atoms with Crippen molar-refractivity contribution in [2.45, 2.75) is 13.3 Å². The monoisotopic (exact) mass is 366 g/mol. The van der Waals surface area contributed by atoms with Gasteiger partial charge in [-0.2, -0.15) is 14.7 Å². The van der Waals surface area contributed by atoms with Crippen LogP contribution in [0.4, 0.5) is 4.79 Å². The summed E-state index contributed by atoms with van der Waals surface area (Å²) in [6.45, 7) is 2.62. The highest BCUT2D eigenvalue weighted by Crippen LogP contribution is 2.35. The number of amidine groups is 2. The summed E-state index contributed by atoms with van der Waals surface area (Å²) in [5.41, 5.74) is 7.20. The lowest BCUT2D eigenvalue weighted by atomic mass is 9.83. The number of amides is 3. The van der Waals surface area contributed by atoms with E-state index < -0.39 is 17.9 Å². The van der Waals surface area contributed by atoms with Crippen molar-refractivity contribution in [2.24, 2.45) is 16.6 Å². The molecule has 2 heterocycles. The molecule has 0 radical (unpaired) electrons. The molecule has 0 aliphatic carbocycles. The molecular weight excluding hydrogens is 346 g/mol. The van der Waals surface area contributed by atoms with Gasteiger partial charge in [-0.25, -0.2) is 4.79 Å². The smallest absolute Gasteiger partial charge is 0.445 e. The minimum atomic E-state index is -0.873. The van der Waals surface area contributed by atoms with Crippen molar-refractivity contribution in [3.05, 3.63) is 35.4 Å². The van der Waals surface area contributed by atoms with Crippen molar-refractivity contribution in [1.82, 2.24) is 4.90 Å². The van der Waals surface area contributed by atoms with Gasteiger partial charge in [0, 0.05) is 5.57 Å². The minimum Gasteiger partial charge on any atom is -0.494 e. The molecule has 8 nitrogen and oxygen atoms in total. The number of carbonyl (C=O) groups is 2. The summed E-state index contributed by atoms with van der Waals surface area (Å²) in [7, 11) is 2.94. The zero-order chi connectivity index (χ0) is 19.7. The Morgan fingerprint density at radius 1 is 1.33 bits per heavy atom. The van der Waals surface area contributed by atoms with Gasteiger partial charge in [-0.15, -0.1) is 0 Å². The molecule has 2 aliphatic heterocycles. The van der Waals surface area contributed by atoms with Crippen molar-refractivity contribution in [3.63, 3.8) is 0 Å². The quantitative estimate of drug-likeness (QED) is 0.809. The number of aliphatic imine (C=N–C) groups is 1. The molecule has 2 aliphatic rings. The molecule has 8 heteroatoms. The van der Waals surface area contributed by atoms with Crippen LogP contribution in [0.25, 0.3) is 5.57 Å². The van der Waals surface area contributed by atoms with Gasteiger partial charge < -0.3 is 10.5 Å². The molecule has 0 aromatic heterocycles. The van der Waals surface area contributed by atoms with E-state index in [-0.39, 0.29) is 17.2 Å². The number of nitrogens with two attached hydrogens (primary N) is 1. The third kappa shape index (κ3) is 2.97. The van der Waals surface area contributed by atoms with Gasteiger partial charge in [0.1, 0.15) is 17.4 Å². The van der Waals surface area contributed by atoms with E-state index in [0.717, 1.165) is 11.3 Å². The molecule has 0 saturated heterocycles. The number of hydrogen-bond acceptors (Lipinski definition) is 6. The molecule has 1 aromatic rings. The van der Waals surface area contributed by atoms with Crippen LogP contribution in [0, 0.1) is 17.2 Å². The predicted molar refractivity (Wildman–Crippen MR) is 99.2 cm³/mol. The third-order valence-electron chi connectivity index (χ3n) is 4.55. The summed E-state index contributed by atoms with van der Waals surface area (Å²) in [5, 5.41) is 9.62. The Bertz CT molecular complexity index is 951. The average molecular weight is 366 g/mol. The summed E-state index contributed by atoms with van der Waals surface area (Å²) in [6.07, 6.45) is 0.889. The van der Waals surface area contributed by atoms with E-state index in [2.05, 4.69) is 11.1 Å². The average Bonchev–Trinajstić information content (AvgIpc) is 2.68. The second kappa shape index (κ2) is 7.03. The number of fused-ring (bicyclic) bond motifs is 1. The molecule has 0 fully saturated rings. The lowest BCUT2D eigenvalue weighted by Gasteiger charge is -2.28. The van der Waals surface area contributed by atoms with Gasteiger partial charge in [-0.05, 0) is 24.1 Å². The molecule has 1 unspecified atom stereocenters. The highest BCUT2D eigenvalue weighted by atomic mass is 16.5. The molecule has 27 heavy (non-hydrogen) atoms. The summed E-state index contributed by atoms with van der Waals surface area (Å²) < 4.78 is 6.87. The number of ether oxygens (including phenoxy) is 1. The zero-order valence-electron chi connectivity index (χ0n) is 15.4. The van der Waals surface area contributed by atoms with Crippen LogP contribution < -0.4 is 10.5 Å². The number of imide groups is 1. The number of urea groups is 1. The molecule has 2 N–H and O–H groups in total. The van der Waals surface area contributed by atoms with Crippen LogP contribution >= 0.6 is 0 Å². The van der Waals surface area contributed by atoms with Crippen molar-refractivity contribution >= 4 is 29.2 Å². The van der Waals surface area contributed by atoms with Crippen molar-refractivity contribution in [3.8, 4) is 11.8 Å². The second-order valence-corrected chi connectivity index (χ2v) is 6.30. The number of dihydropyridines is 1. The van der Waals surface area contributed by atoms with E-state index >= 15 is 0 Å². The van der Waals surface area contributed by atoms with Gasteiger partial charge in [0.05, 0.1) is 20.7 Å². The number of rotatable bonds is 4. The maximum atomic E-state index is 12.9. The second-order valence-electron chi connectivity index (χ2n) is 6.30. The van der Waals surface area contributed by atoms with Crippen LogP contribution in [-0.4, -0.2) is 53.8 Å². The van der Waals surface area contributed by atoms with Gasteiger partial charge in [-0.3, -0.25) is 4.79 Å². The molecule has 0 spiro atoms. The molecule has 1 aromatic carbocycles. The predicted octanol–water partition coefficient (Wildman–Crippen LogP) is 1.37. The van der Waals surface area contributed by atoms with Gasteiger partial charge >= 0.3 is 11.9 Å². The van der Waals surface area contributed by atoms with E-state index in [0.29, 0.717) is 23.5 Å². The van der Waals surface area contributed by atoms with Crippen LogP contribution in [0.2, 0.25) is 0 Å². The number of hydrogen-bond donors (Lipinski definition) is 1. The van der Waals surface area contributed by atoms with Gasteiger partial charge in [0.15, 0.2) is 5.92 Å². The van der Waals surface area contributed by atoms with E-state index in [9.17, 15) is 14.9 Å². The topological polar surface area (TPSA) is 112 Å². The first kappa shape index (κ1) is 18.3. The molecule has 3 amide bonds. The Labute approximate surface area is 156 Å². The molecule has 1 atom stereocenters. The molecule has 138 valence electrons. The summed E-state index contributed by atoms with van der Waals surface area (Å²) in [6, 6.07) is 8.66. The fourth-order valence-corrected chi connectivity index (χ4v) is 3.15. The van der Waals surface area contributed by atoms with E-state index in [1.807, 2.05) is 6.92 Å². The fourth-order valence-electron chi connectivity index (χ4n) is 3.15. The number of carbonyl (C=O) groups excluding carboxylic acids is 2. The largest absolute Gasteiger partial charge is 0.494 e. The Morgan fingerprint density at radius 3 is 2.59 bits per heavy atom. The minimum absolute atomic E-state index is 0.0120. The van der Waals surface area contributed by atoms with Crippen LogP contribution in [-0.2, 0) is 4.79 Å². The Morgan fingerprint density at radius 2 is 2.00 bits per heavy atom. The first-order valence-electron chi connectivity index (χ1n) is 8.54. The standard InChI is InChI=1S/C19H19N5O3/c1-4-9-27-12-7-5-11(6-8-12)14-13(10-20)16(21)22-17-15(14)18(25)24(3)19(26)23(17)2/h5-8,15,21H,4,9H2,1-3H3/p+1. The van der Waals surface area contributed by atoms with Crippen LogP contribution in [0.1, 0.15) is 18.9 Å². The highest BCUT2D eigenvalue weighted by Gasteiger charge is 2.49. The van der Waals surface area contributed by atoms with E-state index in [1.165, 1.54) is 18.7 Å². The van der Waals surface area contributed by atoms with Crippen LogP contribution in [0.15, 0.2) is 34.8 Å². The van der Waals surface area contributed by atoms with E-state index in [4.69, 9.17) is 10.5 Å². The zero-order valence-corrected chi connectivity index (χ0v) is 15.4. The summed E-state index contributed by atoms with van der Waals surface area (Å²) in [4.78, 5) is 30.3. The summed E-state index contributed by atoms with van der Waals surface area (Å²) >= 11 is 0. The maximum Gasteiger partial charge on any atom is 0.445 e. The lowest BCUT2D eigenvalue weighted by molar-refractivity contribution is -0.407. The van der Waals surface area contributed by atoms with E-state index in [1.54, 1.807) is 24.3 Å². The van der Waals surface area contributed by atoms with Gasteiger partial charge in [0.2, 0.25) is 5.84 Å². The van der Waals surface area contributed by atoms with Crippen molar-refractivity contribution < 1.29 is 18.9 Å². The Balaban J connectivity index is 2.16. The number of nitrogens with zero attached hydrogens (tertiary/aromatic N) is 4. The molecular formula is C19H20N5O3+. The van der Waals surface area contributed by atoms with Gasteiger partial charge in [-0.1, -0.05) is 24.0 Å². The van der Waals surface area contributed by atoms with Crippen molar-refractivity contribution in [1.29, 1.82) is 5.26 Å².